The molecule has 0 amide bonds. The van der Waals surface area contributed by atoms with E-state index in [1.807, 2.05) is 30.5 Å². The van der Waals surface area contributed by atoms with Gasteiger partial charge in [0, 0.05) is 11.1 Å². The second-order valence-corrected chi connectivity index (χ2v) is 6.58. The van der Waals surface area contributed by atoms with Crippen molar-refractivity contribution in [3.8, 4) is 6.07 Å². The molecule has 0 aliphatic heterocycles. The molecule has 0 aliphatic rings. The molecule has 7 heteroatoms. The van der Waals surface area contributed by atoms with E-state index >= 15 is 0 Å². The number of rotatable bonds is 5. The van der Waals surface area contributed by atoms with Crippen molar-refractivity contribution in [3.63, 3.8) is 0 Å². The molecule has 132 valence electrons. The molecular weight excluding hydrogens is 350 g/mol. The molecule has 3 aromatic rings. The van der Waals surface area contributed by atoms with Gasteiger partial charge in [0.15, 0.2) is 0 Å². The average Bonchev–Trinajstić information content (AvgIpc) is 3.17. The third-order valence-electron chi connectivity index (χ3n) is 3.97. The van der Waals surface area contributed by atoms with Crippen LogP contribution in [0.3, 0.4) is 0 Å². The summed E-state index contributed by atoms with van der Waals surface area (Å²) in [4.78, 5) is 26.4. The van der Waals surface area contributed by atoms with E-state index in [1.54, 1.807) is 36.5 Å². The number of aromatic nitrogens is 1. The Kier molecular flexibility index (Phi) is 5.05. The molecule has 3 heterocycles. The Morgan fingerprint density at radius 2 is 2.19 bits per heavy atom. The van der Waals surface area contributed by atoms with Crippen LogP contribution in [0.15, 0.2) is 46.7 Å². The van der Waals surface area contributed by atoms with Gasteiger partial charge in [0.2, 0.25) is 0 Å². The van der Waals surface area contributed by atoms with Gasteiger partial charge in [0.1, 0.15) is 17.2 Å². The first-order valence-corrected chi connectivity index (χ1v) is 9.01. The fourth-order valence-corrected chi connectivity index (χ4v) is 3.52. The standard InChI is InChI=1S/C19H17N3O3S/c1-3-25-19(24)16-14-7-4-5-9-22(14)18(23)13(11-20)17(16)21-12(2)15-8-6-10-26-15/h4-10,12,21H,3H2,1-2H3. The molecule has 0 aromatic carbocycles. The number of nitrogens with one attached hydrogen (secondary N) is 1. The Morgan fingerprint density at radius 3 is 2.85 bits per heavy atom. The Hall–Kier alpha value is -3.11. The Bertz CT molecular complexity index is 1050. The maximum atomic E-state index is 12.7. The van der Waals surface area contributed by atoms with Gasteiger partial charge in [-0.25, -0.2) is 4.79 Å². The molecule has 1 N–H and O–H groups in total. The molecule has 0 saturated carbocycles. The SMILES string of the molecule is CCOC(=O)c1c(NC(C)c2cccs2)c(C#N)c(=O)n2ccccc12. The summed E-state index contributed by atoms with van der Waals surface area (Å²) < 4.78 is 6.48. The quantitative estimate of drug-likeness (QED) is 0.697. The largest absolute Gasteiger partial charge is 0.462 e. The fourth-order valence-electron chi connectivity index (χ4n) is 2.79. The third kappa shape index (κ3) is 3.07. The van der Waals surface area contributed by atoms with Crippen LogP contribution >= 0.6 is 11.3 Å². The molecule has 1 unspecified atom stereocenters. The van der Waals surface area contributed by atoms with Crippen molar-refractivity contribution in [3.05, 3.63) is 68.3 Å². The lowest BCUT2D eigenvalue weighted by Crippen LogP contribution is -2.24. The minimum absolute atomic E-state index is 0.111. The number of fused-ring (bicyclic) bond motifs is 1. The number of carbonyl (C=O) groups excluding carboxylic acids is 1. The minimum Gasteiger partial charge on any atom is -0.462 e. The molecule has 3 aromatic heterocycles. The molecule has 0 fully saturated rings. The highest BCUT2D eigenvalue weighted by Gasteiger charge is 2.25. The summed E-state index contributed by atoms with van der Waals surface area (Å²) in [6.07, 6.45) is 1.54. The Labute approximate surface area is 154 Å². The maximum absolute atomic E-state index is 12.7. The van der Waals surface area contributed by atoms with Crippen molar-refractivity contribution >= 4 is 28.5 Å². The zero-order valence-corrected chi connectivity index (χ0v) is 15.2. The number of ether oxygens (including phenoxy) is 1. The van der Waals surface area contributed by atoms with E-state index in [-0.39, 0.29) is 29.5 Å². The maximum Gasteiger partial charge on any atom is 0.342 e. The summed E-state index contributed by atoms with van der Waals surface area (Å²) in [6, 6.07) is 10.7. The van der Waals surface area contributed by atoms with E-state index in [2.05, 4.69) is 5.32 Å². The van der Waals surface area contributed by atoms with Crippen LogP contribution in [0.4, 0.5) is 5.69 Å². The average molecular weight is 367 g/mol. The van der Waals surface area contributed by atoms with Crippen LogP contribution < -0.4 is 10.9 Å². The van der Waals surface area contributed by atoms with E-state index in [0.717, 1.165) is 4.88 Å². The molecular formula is C19H17N3O3S. The Morgan fingerprint density at radius 1 is 1.38 bits per heavy atom. The summed E-state index contributed by atoms with van der Waals surface area (Å²) in [5.41, 5.74) is 0.211. The first-order valence-electron chi connectivity index (χ1n) is 8.13. The molecule has 0 bridgehead atoms. The number of hydrogen-bond acceptors (Lipinski definition) is 6. The van der Waals surface area contributed by atoms with Gasteiger partial charge in [-0.3, -0.25) is 9.20 Å². The normalized spacial score (nSPS) is 11.7. The van der Waals surface area contributed by atoms with Crippen LogP contribution in [0.2, 0.25) is 0 Å². The van der Waals surface area contributed by atoms with E-state index in [1.165, 1.54) is 10.6 Å². The van der Waals surface area contributed by atoms with E-state index < -0.39 is 11.5 Å². The fraction of sp³-hybridized carbons (Fsp3) is 0.211. The van der Waals surface area contributed by atoms with Gasteiger partial charge in [-0.05, 0) is 37.4 Å². The number of nitriles is 1. The van der Waals surface area contributed by atoms with Crippen LogP contribution in [0, 0.1) is 11.3 Å². The van der Waals surface area contributed by atoms with Crippen molar-refractivity contribution in [2.24, 2.45) is 0 Å². The van der Waals surface area contributed by atoms with Crippen molar-refractivity contribution in [2.75, 3.05) is 11.9 Å². The number of pyridine rings is 2. The third-order valence-corrected chi connectivity index (χ3v) is 5.03. The first kappa shape index (κ1) is 17.7. The van der Waals surface area contributed by atoms with Gasteiger partial charge in [0.05, 0.1) is 23.9 Å². The zero-order chi connectivity index (χ0) is 18.7. The smallest absolute Gasteiger partial charge is 0.342 e. The second-order valence-electron chi connectivity index (χ2n) is 5.60. The lowest BCUT2D eigenvalue weighted by molar-refractivity contribution is 0.0529. The van der Waals surface area contributed by atoms with Gasteiger partial charge in [-0.2, -0.15) is 5.26 Å². The number of hydrogen-bond donors (Lipinski definition) is 1. The predicted molar refractivity (Wildman–Crippen MR) is 101 cm³/mol. The topological polar surface area (TPSA) is 83.6 Å². The number of esters is 1. The van der Waals surface area contributed by atoms with Crippen LogP contribution in [-0.2, 0) is 4.74 Å². The highest BCUT2D eigenvalue weighted by molar-refractivity contribution is 7.10. The minimum atomic E-state index is -0.575. The number of anilines is 1. The van der Waals surface area contributed by atoms with Gasteiger partial charge >= 0.3 is 5.97 Å². The van der Waals surface area contributed by atoms with E-state index in [4.69, 9.17) is 4.74 Å². The van der Waals surface area contributed by atoms with Crippen LogP contribution in [0.1, 0.15) is 40.7 Å². The molecule has 1 atom stereocenters. The number of nitrogens with zero attached hydrogens (tertiary/aromatic N) is 2. The first-order chi connectivity index (χ1) is 12.6. The molecule has 0 aliphatic carbocycles. The van der Waals surface area contributed by atoms with Gasteiger partial charge in [-0.15, -0.1) is 11.3 Å². The zero-order valence-electron chi connectivity index (χ0n) is 14.4. The molecule has 0 spiro atoms. The lowest BCUT2D eigenvalue weighted by Gasteiger charge is -2.19. The molecule has 6 nitrogen and oxygen atoms in total. The second kappa shape index (κ2) is 7.42. The number of thiophene rings is 1. The summed E-state index contributed by atoms with van der Waals surface area (Å²) in [6.45, 7) is 3.81. The number of carbonyl (C=O) groups is 1. The van der Waals surface area contributed by atoms with Crippen molar-refractivity contribution in [1.82, 2.24) is 4.40 Å². The molecule has 26 heavy (non-hydrogen) atoms. The van der Waals surface area contributed by atoms with Gasteiger partial charge in [-0.1, -0.05) is 12.1 Å². The van der Waals surface area contributed by atoms with E-state index in [9.17, 15) is 14.9 Å². The van der Waals surface area contributed by atoms with E-state index in [0.29, 0.717) is 5.52 Å². The van der Waals surface area contributed by atoms with Crippen molar-refractivity contribution < 1.29 is 9.53 Å². The van der Waals surface area contributed by atoms with Crippen LogP contribution in [0.5, 0.6) is 0 Å². The predicted octanol–water partition coefficient (Wildman–Crippen LogP) is 3.58. The summed E-state index contributed by atoms with van der Waals surface area (Å²) in [5.74, 6) is -0.575. The lowest BCUT2D eigenvalue weighted by atomic mass is 10.1. The van der Waals surface area contributed by atoms with Crippen molar-refractivity contribution in [2.45, 2.75) is 19.9 Å². The highest BCUT2D eigenvalue weighted by atomic mass is 32.1. The molecule has 0 saturated heterocycles. The molecule has 3 rings (SSSR count). The Balaban J connectivity index is 2.28. The monoisotopic (exact) mass is 367 g/mol. The highest BCUT2D eigenvalue weighted by Crippen LogP contribution is 2.29. The summed E-state index contributed by atoms with van der Waals surface area (Å²) >= 11 is 1.55. The van der Waals surface area contributed by atoms with Crippen LogP contribution in [0.25, 0.3) is 5.52 Å². The summed E-state index contributed by atoms with van der Waals surface area (Å²) in [5, 5.41) is 14.7. The van der Waals surface area contributed by atoms with Gasteiger partial charge in [0.25, 0.3) is 5.56 Å². The van der Waals surface area contributed by atoms with Crippen molar-refractivity contribution in [1.29, 1.82) is 5.26 Å². The summed E-state index contributed by atoms with van der Waals surface area (Å²) in [7, 11) is 0. The van der Waals surface area contributed by atoms with Crippen LogP contribution in [-0.4, -0.2) is 17.0 Å². The molecule has 0 radical (unpaired) electrons. The van der Waals surface area contributed by atoms with Gasteiger partial charge < -0.3 is 10.1 Å².